The summed E-state index contributed by atoms with van der Waals surface area (Å²) in [5.74, 6) is -0.652. The Labute approximate surface area is 103 Å². The van der Waals surface area contributed by atoms with Gasteiger partial charge in [0.2, 0.25) is 0 Å². The van der Waals surface area contributed by atoms with Gasteiger partial charge >= 0.3 is 5.97 Å². The van der Waals surface area contributed by atoms with Crippen LogP contribution in [0.5, 0.6) is 0 Å². The van der Waals surface area contributed by atoms with Crippen molar-refractivity contribution in [1.82, 2.24) is 4.90 Å². The Kier molecular flexibility index (Phi) is 3.73. The van der Waals surface area contributed by atoms with E-state index >= 15 is 0 Å². The lowest BCUT2D eigenvalue weighted by Gasteiger charge is -2.38. The monoisotopic (exact) mass is 241 g/mol. The minimum absolute atomic E-state index is 0.342. The predicted molar refractivity (Wildman–Crippen MR) is 65.0 cm³/mol. The van der Waals surface area contributed by atoms with E-state index in [1.807, 2.05) is 13.8 Å². The van der Waals surface area contributed by atoms with Gasteiger partial charge in [0.25, 0.3) is 0 Å². The second kappa shape index (κ2) is 4.94. The number of hydrogen-bond donors (Lipinski definition) is 1. The molecular weight excluding hydrogens is 218 g/mol. The van der Waals surface area contributed by atoms with Gasteiger partial charge in [0.15, 0.2) is 0 Å². The molecule has 0 aromatic heterocycles. The summed E-state index contributed by atoms with van der Waals surface area (Å²) in [6.45, 7) is 6.45. The number of aliphatic carboxylic acids is 1. The first kappa shape index (κ1) is 12.8. The Morgan fingerprint density at radius 1 is 1.29 bits per heavy atom. The first-order valence-corrected chi connectivity index (χ1v) is 6.71. The van der Waals surface area contributed by atoms with Crippen molar-refractivity contribution in [2.75, 3.05) is 19.6 Å². The van der Waals surface area contributed by atoms with Crippen molar-refractivity contribution in [3.8, 4) is 0 Å². The molecule has 1 N–H and O–H groups in total. The minimum Gasteiger partial charge on any atom is -0.481 e. The van der Waals surface area contributed by atoms with Crippen molar-refractivity contribution >= 4 is 5.97 Å². The van der Waals surface area contributed by atoms with E-state index in [0.717, 1.165) is 25.9 Å². The molecule has 17 heavy (non-hydrogen) atoms. The Hall–Kier alpha value is -0.610. The van der Waals surface area contributed by atoms with Crippen LogP contribution in [0, 0.1) is 5.41 Å². The highest BCUT2D eigenvalue weighted by molar-refractivity contribution is 5.74. The van der Waals surface area contributed by atoms with E-state index in [1.54, 1.807) is 0 Å². The van der Waals surface area contributed by atoms with Gasteiger partial charge in [0.1, 0.15) is 0 Å². The zero-order valence-electron chi connectivity index (χ0n) is 10.8. The number of carboxylic acid groups (broad SMARTS) is 1. The molecule has 98 valence electrons. The number of morpholine rings is 1. The van der Waals surface area contributed by atoms with Crippen LogP contribution in [0.25, 0.3) is 0 Å². The molecule has 2 saturated heterocycles. The highest BCUT2D eigenvalue weighted by Crippen LogP contribution is 2.32. The van der Waals surface area contributed by atoms with Crippen LogP contribution in [0.15, 0.2) is 0 Å². The van der Waals surface area contributed by atoms with Crippen molar-refractivity contribution in [2.24, 2.45) is 5.41 Å². The molecule has 4 heteroatoms. The van der Waals surface area contributed by atoms with Gasteiger partial charge in [-0.2, -0.15) is 0 Å². The summed E-state index contributed by atoms with van der Waals surface area (Å²) in [5, 5.41) is 9.44. The molecule has 0 spiro atoms. The number of carbonyl (C=O) groups is 1. The third-order valence-electron chi connectivity index (χ3n) is 4.45. The average molecular weight is 241 g/mol. The topological polar surface area (TPSA) is 49.8 Å². The van der Waals surface area contributed by atoms with Gasteiger partial charge in [-0.05, 0) is 25.7 Å². The summed E-state index contributed by atoms with van der Waals surface area (Å²) in [6, 6.07) is 0. The summed E-state index contributed by atoms with van der Waals surface area (Å²) >= 11 is 0. The van der Waals surface area contributed by atoms with Gasteiger partial charge in [-0.15, -0.1) is 0 Å². The average Bonchev–Trinajstić information content (AvgIpc) is 2.65. The Morgan fingerprint density at radius 2 is 1.82 bits per heavy atom. The second-order valence-electron chi connectivity index (χ2n) is 5.44. The van der Waals surface area contributed by atoms with Crippen molar-refractivity contribution in [1.29, 1.82) is 0 Å². The number of rotatable bonds is 5. The van der Waals surface area contributed by atoms with Gasteiger partial charge < -0.3 is 9.84 Å². The van der Waals surface area contributed by atoms with E-state index in [9.17, 15) is 9.90 Å². The van der Waals surface area contributed by atoms with Crippen LogP contribution in [0.1, 0.15) is 39.5 Å². The molecule has 2 heterocycles. The molecular formula is C13H23NO3. The molecule has 2 bridgehead atoms. The van der Waals surface area contributed by atoms with Gasteiger partial charge in [-0.25, -0.2) is 0 Å². The van der Waals surface area contributed by atoms with Crippen LogP contribution in [0.4, 0.5) is 0 Å². The van der Waals surface area contributed by atoms with E-state index in [-0.39, 0.29) is 0 Å². The molecule has 0 amide bonds. The quantitative estimate of drug-likeness (QED) is 0.796. The summed E-state index contributed by atoms with van der Waals surface area (Å²) in [7, 11) is 0. The molecule has 0 saturated carbocycles. The minimum atomic E-state index is -0.652. The molecule has 2 aliphatic rings. The van der Waals surface area contributed by atoms with Gasteiger partial charge in [0.05, 0.1) is 17.6 Å². The van der Waals surface area contributed by atoms with Crippen LogP contribution in [-0.2, 0) is 9.53 Å². The van der Waals surface area contributed by atoms with Crippen LogP contribution in [0.3, 0.4) is 0 Å². The van der Waals surface area contributed by atoms with E-state index in [1.165, 1.54) is 0 Å². The molecule has 4 nitrogen and oxygen atoms in total. The Bertz CT molecular complexity index is 276. The van der Waals surface area contributed by atoms with Crippen LogP contribution in [-0.4, -0.2) is 47.8 Å². The van der Waals surface area contributed by atoms with E-state index in [2.05, 4.69) is 4.90 Å². The van der Waals surface area contributed by atoms with Gasteiger partial charge in [-0.3, -0.25) is 9.69 Å². The Morgan fingerprint density at radius 3 is 2.24 bits per heavy atom. The number of hydrogen-bond acceptors (Lipinski definition) is 3. The van der Waals surface area contributed by atoms with E-state index in [4.69, 9.17) is 4.74 Å². The number of carboxylic acids is 1. The van der Waals surface area contributed by atoms with Crippen molar-refractivity contribution < 1.29 is 14.6 Å². The maximum Gasteiger partial charge on any atom is 0.310 e. The fourth-order valence-electron chi connectivity index (χ4n) is 3.10. The number of ether oxygens (including phenoxy) is 1. The molecule has 2 unspecified atom stereocenters. The lowest BCUT2D eigenvalue weighted by Crippen LogP contribution is -2.49. The summed E-state index contributed by atoms with van der Waals surface area (Å²) in [4.78, 5) is 13.8. The fraction of sp³-hybridized carbons (Fsp3) is 0.923. The smallest absolute Gasteiger partial charge is 0.310 e. The normalized spacial score (nSPS) is 29.5. The largest absolute Gasteiger partial charge is 0.481 e. The molecule has 2 atom stereocenters. The number of fused-ring (bicyclic) bond motifs is 2. The number of nitrogens with zero attached hydrogens (tertiary/aromatic N) is 1. The van der Waals surface area contributed by atoms with Gasteiger partial charge in [-0.1, -0.05) is 13.8 Å². The fourth-order valence-corrected chi connectivity index (χ4v) is 3.10. The molecule has 2 aliphatic heterocycles. The predicted octanol–water partition coefficient (Wildman–Crippen LogP) is 1.74. The molecule has 0 radical (unpaired) electrons. The first-order valence-electron chi connectivity index (χ1n) is 6.71. The Balaban J connectivity index is 2.01. The molecule has 0 aromatic rings. The van der Waals surface area contributed by atoms with Crippen LogP contribution >= 0.6 is 0 Å². The highest BCUT2D eigenvalue weighted by atomic mass is 16.5. The molecule has 0 aromatic carbocycles. The van der Waals surface area contributed by atoms with E-state index < -0.39 is 11.4 Å². The lowest BCUT2D eigenvalue weighted by molar-refractivity contribution is -0.152. The molecule has 2 rings (SSSR count). The zero-order valence-corrected chi connectivity index (χ0v) is 10.8. The molecule has 2 fully saturated rings. The van der Waals surface area contributed by atoms with Crippen LogP contribution in [0.2, 0.25) is 0 Å². The zero-order chi connectivity index (χ0) is 12.5. The first-order chi connectivity index (χ1) is 8.09. The van der Waals surface area contributed by atoms with Crippen molar-refractivity contribution in [3.63, 3.8) is 0 Å². The van der Waals surface area contributed by atoms with Crippen molar-refractivity contribution in [2.45, 2.75) is 51.7 Å². The maximum absolute atomic E-state index is 11.5. The van der Waals surface area contributed by atoms with Crippen LogP contribution < -0.4 is 0 Å². The summed E-state index contributed by atoms with van der Waals surface area (Å²) < 4.78 is 5.78. The van der Waals surface area contributed by atoms with Gasteiger partial charge in [0, 0.05) is 19.6 Å². The molecule has 0 aliphatic carbocycles. The van der Waals surface area contributed by atoms with E-state index in [0.29, 0.717) is 31.6 Å². The number of likely N-dealkylation sites (tertiary alicyclic amines) is 1. The summed E-state index contributed by atoms with van der Waals surface area (Å²) in [5.41, 5.74) is -0.573. The summed E-state index contributed by atoms with van der Waals surface area (Å²) in [6.07, 6.45) is 4.36. The SMILES string of the molecule is CCC(CC)(CN1CC2CCC(C1)O2)C(=O)O. The van der Waals surface area contributed by atoms with Crippen molar-refractivity contribution in [3.05, 3.63) is 0 Å². The lowest BCUT2D eigenvalue weighted by atomic mass is 9.81. The second-order valence-corrected chi connectivity index (χ2v) is 5.44. The third-order valence-corrected chi connectivity index (χ3v) is 4.45. The highest BCUT2D eigenvalue weighted by Gasteiger charge is 2.41. The third kappa shape index (κ3) is 2.47. The maximum atomic E-state index is 11.5. The standard InChI is InChI=1S/C13H23NO3/c1-3-13(4-2,12(15)16)9-14-7-10-5-6-11(8-14)17-10/h10-11H,3-9H2,1-2H3,(H,15,16).